The van der Waals surface area contributed by atoms with Crippen LogP contribution in [0.4, 0.5) is 0 Å². The van der Waals surface area contributed by atoms with E-state index >= 15 is 0 Å². The second kappa shape index (κ2) is 8.34. The Morgan fingerprint density at radius 1 is 1.08 bits per heavy atom. The van der Waals surface area contributed by atoms with Gasteiger partial charge in [-0.15, -0.1) is 12.4 Å². The van der Waals surface area contributed by atoms with Gasteiger partial charge in [0.25, 0.3) is 0 Å². The van der Waals surface area contributed by atoms with E-state index in [-0.39, 0.29) is 17.8 Å². The lowest BCUT2D eigenvalue weighted by Crippen LogP contribution is -2.21. The van der Waals surface area contributed by atoms with E-state index in [4.69, 9.17) is 15.0 Å². The maximum atomic E-state index is 5.64. The summed E-state index contributed by atoms with van der Waals surface area (Å²) in [5, 5.41) is 4.14. The third-order valence-electron chi connectivity index (χ3n) is 4.28. The fourth-order valence-electron chi connectivity index (χ4n) is 2.81. The molecule has 0 aliphatic carbocycles. The lowest BCUT2D eigenvalue weighted by molar-refractivity contribution is 0.303. The molecule has 0 unspecified atom stereocenters. The average Bonchev–Trinajstić information content (AvgIpc) is 3.13. The van der Waals surface area contributed by atoms with Crippen LogP contribution >= 0.6 is 12.4 Å². The van der Waals surface area contributed by atoms with E-state index in [0.717, 1.165) is 28.9 Å². The number of ether oxygens (including phenoxy) is 1. The summed E-state index contributed by atoms with van der Waals surface area (Å²) in [5.41, 5.74) is 8.43. The van der Waals surface area contributed by atoms with Gasteiger partial charge < -0.3 is 15.0 Å². The third kappa shape index (κ3) is 4.23. The molecule has 138 valence electrons. The number of para-hydroxylation sites is 1. The van der Waals surface area contributed by atoms with Crippen LogP contribution < -0.4 is 10.5 Å². The van der Waals surface area contributed by atoms with E-state index < -0.39 is 0 Å². The Labute approximate surface area is 160 Å². The lowest BCUT2D eigenvalue weighted by Gasteiger charge is -2.21. The SMILES string of the molecule is COc1ccccc1CC(C)(C)c1nc(-c2ccc(CN)cc2)no1.Cl. The van der Waals surface area contributed by atoms with Gasteiger partial charge in [0.1, 0.15) is 5.75 Å². The van der Waals surface area contributed by atoms with Crippen LogP contribution in [0, 0.1) is 0 Å². The van der Waals surface area contributed by atoms with E-state index in [2.05, 4.69) is 30.1 Å². The fourth-order valence-corrected chi connectivity index (χ4v) is 2.81. The molecule has 0 aliphatic rings. The van der Waals surface area contributed by atoms with Gasteiger partial charge in [-0.05, 0) is 23.6 Å². The van der Waals surface area contributed by atoms with Crippen molar-refractivity contribution in [1.82, 2.24) is 10.1 Å². The predicted molar refractivity (Wildman–Crippen MR) is 105 cm³/mol. The highest BCUT2D eigenvalue weighted by molar-refractivity contribution is 5.85. The molecule has 2 N–H and O–H groups in total. The van der Waals surface area contributed by atoms with E-state index in [1.54, 1.807) is 7.11 Å². The molecule has 3 aromatic rings. The number of hydrogen-bond acceptors (Lipinski definition) is 5. The van der Waals surface area contributed by atoms with Crippen molar-refractivity contribution in [3.05, 3.63) is 65.5 Å². The molecular weight excluding hydrogens is 350 g/mol. The summed E-state index contributed by atoms with van der Waals surface area (Å²) in [6.07, 6.45) is 0.741. The van der Waals surface area contributed by atoms with Crippen LogP contribution in [0.3, 0.4) is 0 Å². The number of nitrogens with zero attached hydrogens (tertiary/aromatic N) is 2. The Balaban J connectivity index is 0.00000243. The highest BCUT2D eigenvalue weighted by atomic mass is 35.5. The molecule has 0 fully saturated rings. The van der Waals surface area contributed by atoms with Crippen molar-refractivity contribution < 1.29 is 9.26 Å². The predicted octanol–water partition coefficient (Wildman–Crippen LogP) is 4.15. The Hall–Kier alpha value is -2.37. The van der Waals surface area contributed by atoms with Crippen LogP contribution in [0.2, 0.25) is 0 Å². The zero-order valence-corrected chi connectivity index (χ0v) is 16.0. The van der Waals surface area contributed by atoms with Crippen molar-refractivity contribution in [2.24, 2.45) is 5.73 Å². The molecule has 0 atom stereocenters. The van der Waals surface area contributed by atoms with Gasteiger partial charge in [0, 0.05) is 17.5 Å². The first-order valence-corrected chi connectivity index (χ1v) is 8.29. The molecule has 6 heteroatoms. The number of methoxy groups -OCH3 is 1. The van der Waals surface area contributed by atoms with Crippen LogP contribution in [0.15, 0.2) is 53.1 Å². The molecule has 0 saturated carbocycles. The lowest BCUT2D eigenvalue weighted by atomic mass is 9.85. The highest BCUT2D eigenvalue weighted by Crippen LogP contribution is 2.31. The van der Waals surface area contributed by atoms with Crippen LogP contribution in [0.5, 0.6) is 5.75 Å². The largest absolute Gasteiger partial charge is 0.496 e. The Kier molecular flexibility index (Phi) is 6.40. The summed E-state index contributed by atoms with van der Waals surface area (Å²) in [6.45, 7) is 4.70. The van der Waals surface area contributed by atoms with Crippen molar-refractivity contribution >= 4 is 12.4 Å². The van der Waals surface area contributed by atoms with Gasteiger partial charge in [-0.1, -0.05) is 61.5 Å². The number of halogens is 1. The zero-order valence-electron chi connectivity index (χ0n) is 15.2. The van der Waals surface area contributed by atoms with Gasteiger partial charge in [0.2, 0.25) is 11.7 Å². The summed E-state index contributed by atoms with van der Waals surface area (Å²) in [7, 11) is 1.68. The van der Waals surface area contributed by atoms with Crippen LogP contribution in [-0.4, -0.2) is 17.3 Å². The van der Waals surface area contributed by atoms with Crippen LogP contribution in [0.25, 0.3) is 11.4 Å². The second-order valence-electron chi connectivity index (χ2n) is 6.70. The molecule has 0 aliphatic heterocycles. The summed E-state index contributed by atoms with van der Waals surface area (Å²) >= 11 is 0. The van der Waals surface area contributed by atoms with E-state index in [9.17, 15) is 0 Å². The molecule has 0 spiro atoms. The van der Waals surface area contributed by atoms with Crippen LogP contribution in [0.1, 0.15) is 30.9 Å². The number of benzene rings is 2. The van der Waals surface area contributed by atoms with Gasteiger partial charge in [-0.3, -0.25) is 0 Å². The molecule has 0 bridgehead atoms. The number of aromatic nitrogens is 2. The maximum Gasteiger partial charge on any atom is 0.232 e. The minimum atomic E-state index is -0.308. The van der Waals surface area contributed by atoms with Gasteiger partial charge in [0.05, 0.1) is 7.11 Å². The molecule has 0 radical (unpaired) electrons. The van der Waals surface area contributed by atoms with Crippen molar-refractivity contribution in [2.45, 2.75) is 32.2 Å². The van der Waals surface area contributed by atoms with Crippen molar-refractivity contribution in [2.75, 3.05) is 7.11 Å². The average molecular weight is 374 g/mol. The third-order valence-corrected chi connectivity index (χ3v) is 4.28. The molecule has 2 aromatic carbocycles. The minimum Gasteiger partial charge on any atom is -0.496 e. The molecule has 1 heterocycles. The van der Waals surface area contributed by atoms with Gasteiger partial charge in [-0.25, -0.2) is 0 Å². The molecule has 3 rings (SSSR count). The van der Waals surface area contributed by atoms with Gasteiger partial charge in [0.15, 0.2) is 0 Å². The second-order valence-corrected chi connectivity index (χ2v) is 6.70. The van der Waals surface area contributed by atoms with Crippen molar-refractivity contribution in [1.29, 1.82) is 0 Å². The Morgan fingerprint density at radius 2 is 1.77 bits per heavy atom. The maximum absolute atomic E-state index is 5.64. The van der Waals surface area contributed by atoms with E-state index in [0.29, 0.717) is 18.3 Å². The molecule has 0 amide bonds. The normalized spacial score (nSPS) is 11.1. The topological polar surface area (TPSA) is 74.2 Å². The monoisotopic (exact) mass is 373 g/mol. The van der Waals surface area contributed by atoms with Crippen LogP contribution in [-0.2, 0) is 18.4 Å². The van der Waals surface area contributed by atoms with E-state index in [1.807, 2.05) is 42.5 Å². The summed E-state index contributed by atoms with van der Waals surface area (Å²) < 4.78 is 11.0. The molecule has 0 saturated heterocycles. The summed E-state index contributed by atoms with van der Waals surface area (Å²) in [4.78, 5) is 4.61. The highest BCUT2D eigenvalue weighted by Gasteiger charge is 2.29. The van der Waals surface area contributed by atoms with Crippen molar-refractivity contribution in [3.63, 3.8) is 0 Å². The fraction of sp³-hybridized carbons (Fsp3) is 0.300. The standard InChI is InChI=1S/C20H23N3O2.ClH/c1-20(2,12-16-6-4-5-7-17(16)24-3)19-22-18(23-25-19)15-10-8-14(13-21)9-11-15;/h4-11H,12-13,21H2,1-3H3;1H. The molecular formula is C20H24ClN3O2. The first-order chi connectivity index (χ1) is 12.0. The molecule has 1 aromatic heterocycles. The summed E-state index contributed by atoms with van der Waals surface area (Å²) in [6, 6.07) is 15.9. The number of rotatable bonds is 6. The van der Waals surface area contributed by atoms with Crippen molar-refractivity contribution in [3.8, 4) is 17.1 Å². The number of nitrogens with two attached hydrogens (primary N) is 1. The van der Waals surface area contributed by atoms with Gasteiger partial charge in [-0.2, -0.15) is 4.98 Å². The quantitative estimate of drug-likeness (QED) is 0.702. The molecule has 5 nitrogen and oxygen atoms in total. The zero-order chi connectivity index (χ0) is 17.9. The van der Waals surface area contributed by atoms with Gasteiger partial charge >= 0.3 is 0 Å². The minimum absolute atomic E-state index is 0. The van der Waals surface area contributed by atoms with E-state index in [1.165, 1.54) is 0 Å². The first kappa shape index (κ1) is 19.9. The Morgan fingerprint density at radius 3 is 2.42 bits per heavy atom. The summed E-state index contributed by atoms with van der Waals surface area (Å²) in [5.74, 6) is 2.07. The smallest absolute Gasteiger partial charge is 0.232 e. The first-order valence-electron chi connectivity index (χ1n) is 8.29. The number of hydrogen-bond donors (Lipinski definition) is 1. The molecule has 26 heavy (non-hydrogen) atoms. The Bertz CT molecular complexity index is 844.